The van der Waals surface area contributed by atoms with E-state index in [2.05, 4.69) is 42.9 Å². The molecule has 3 heterocycles. The van der Waals surface area contributed by atoms with E-state index in [1.54, 1.807) is 13.4 Å². The summed E-state index contributed by atoms with van der Waals surface area (Å²) in [6.07, 6.45) is 5.58. The summed E-state index contributed by atoms with van der Waals surface area (Å²) in [5.41, 5.74) is 1.00. The first-order valence-corrected chi connectivity index (χ1v) is 8.11. The van der Waals surface area contributed by atoms with Gasteiger partial charge >= 0.3 is 0 Å². The van der Waals surface area contributed by atoms with Crippen LogP contribution in [0.3, 0.4) is 0 Å². The van der Waals surface area contributed by atoms with E-state index in [4.69, 9.17) is 4.74 Å². The number of hydrogen-bond acceptors (Lipinski definition) is 6. The number of aromatic nitrogens is 2. The largest absolute Gasteiger partial charge is 0.381 e. The molecule has 1 aromatic heterocycles. The summed E-state index contributed by atoms with van der Waals surface area (Å²) in [5.74, 6) is 1.89. The van der Waals surface area contributed by atoms with E-state index in [0.29, 0.717) is 6.04 Å². The Morgan fingerprint density at radius 3 is 2.96 bits per heavy atom. The van der Waals surface area contributed by atoms with E-state index < -0.39 is 0 Å². The van der Waals surface area contributed by atoms with Crippen LogP contribution in [0.15, 0.2) is 22.4 Å². The molecule has 0 spiro atoms. The van der Waals surface area contributed by atoms with Gasteiger partial charge in [-0.1, -0.05) is 0 Å². The quantitative estimate of drug-likeness (QED) is 0.829. The molecule has 0 atom stereocenters. The van der Waals surface area contributed by atoms with E-state index in [1.165, 1.54) is 0 Å². The third kappa shape index (κ3) is 3.85. The highest BCUT2D eigenvalue weighted by molar-refractivity contribution is 6.29. The number of amidine groups is 1. The Kier molecular flexibility index (Phi) is 5.17. The normalized spacial score (nSPS) is 21.0. The number of anilines is 1. The van der Waals surface area contributed by atoms with Crippen LogP contribution in [-0.2, 0) is 11.3 Å². The SMILES string of the molecule is CN=C1C=NCCN1Cc1cc(N(C)C2CCOCC2)ncn1. The van der Waals surface area contributed by atoms with Gasteiger partial charge in [0, 0.05) is 46.0 Å². The van der Waals surface area contributed by atoms with Gasteiger partial charge in [-0.2, -0.15) is 0 Å². The Labute approximate surface area is 137 Å². The van der Waals surface area contributed by atoms with Crippen molar-refractivity contribution in [2.45, 2.75) is 25.4 Å². The standard InChI is InChI=1S/C16H24N6O/c1-17-16-10-18-5-6-22(16)11-13-9-15(20-12-19-13)21(2)14-3-7-23-8-4-14/h9-10,12,14H,3-8,11H2,1-2H3. The number of aliphatic imine (C=N–C) groups is 2. The minimum absolute atomic E-state index is 0.487. The van der Waals surface area contributed by atoms with Gasteiger partial charge in [-0.25, -0.2) is 9.97 Å². The molecule has 7 nitrogen and oxygen atoms in total. The van der Waals surface area contributed by atoms with E-state index in [9.17, 15) is 0 Å². The highest BCUT2D eigenvalue weighted by atomic mass is 16.5. The van der Waals surface area contributed by atoms with Crippen molar-refractivity contribution in [2.24, 2.45) is 9.98 Å². The van der Waals surface area contributed by atoms with Crippen LogP contribution in [0.5, 0.6) is 0 Å². The van der Waals surface area contributed by atoms with E-state index in [1.807, 2.05) is 6.21 Å². The maximum absolute atomic E-state index is 5.44. The van der Waals surface area contributed by atoms with E-state index >= 15 is 0 Å². The van der Waals surface area contributed by atoms with Crippen LogP contribution >= 0.6 is 0 Å². The third-order valence-electron chi connectivity index (χ3n) is 4.42. The van der Waals surface area contributed by atoms with E-state index in [0.717, 1.165) is 63.0 Å². The average Bonchev–Trinajstić information content (AvgIpc) is 2.62. The molecular weight excluding hydrogens is 292 g/mol. The Morgan fingerprint density at radius 1 is 1.35 bits per heavy atom. The van der Waals surface area contributed by atoms with Gasteiger partial charge in [0.05, 0.1) is 25.0 Å². The summed E-state index contributed by atoms with van der Waals surface area (Å²) >= 11 is 0. The van der Waals surface area contributed by atoms with Gasteiger partial charge in [0.25, 0.3) is 0 Å². The Balaban J connectivity index is 1.70. The summed E-state index contributed by atoms with van der Waals surface area (Å²) in [7, 11) is 3.90. The minimum atomic E-state index is 0.487. The third-order valence-corrected chi connectivity index (χ3v) is 4.42. The highest BCUT2D eigenvalue weighted by Gasteiger charge is 2.20. The van der Waals surface area contributed by atoms with Crippen molar-refractivity contribution in [2.75, 3.05) is 45.3 Å². The molecule has 0 radical (unpaired) electrons. The fourth-order valence-electron chi connectivity index (χ4n) is 3.00. The molecule has 2 aliphatic heterocycles. The van der Waals surface area contributed by atoms with Crippen LogP contribution in [0.2, 0.25) is 0 Å². The first kappa shape index (κ1) is 15.9. The number of nitrogens with zero attached hydrogens (tertiary/aromatic N) is 6. The van der Waals surface area contributed by atoms with Gasteiger partial charge in [0.1, 0.15) is 18.0 Å². The van der Waals surface area contributed by atoms with Gasteiger partial charge in [-0.05, 0) is 12.8 Å². The van der Waals surface area contributed by atoms with Gasteiger partial charge in [0.15, 0.2) is 0 Å². The molecule has 7 heteroatoms. The summed E-state index contributed by atoms with van der Waals surface area (Å²) in [6, 6.07) is 2.57. The predicted octanol–water partition coefficient (Wildman–Crippen LogP) is 1.01. The van der Waals surface area contributed by atoms with Crippen LogP contribution in [0.1, 0.15) is 18.5 Å². The summed E-state index contributed by atoms with van der Waals surface area (Å²) in [5, 5.41) is 0. The lowest BCUT2D eigenvalue weighted by molar-refractivity contribution is 0.0853. The van der Waals surface area contributed by atoms with Crippen molar-refractivity contribution in [1.82, 2.24) is 14.9 Å². The first-order valence-electron chi connectivity index (χ1n) is 8.11. The number of hydrogen-bond donors (Lipinski definition) is 0. The van der Waals surface area contributed by atoms with Crippen LogP contribution in [0, 0.1) is 0 Å². The zero-order valence-electron chi connectivity index (χ0n) is 13.9. The summed E-state index contributed by atoms with van der Waals surface area (Å²) < 4.78 is 5.44. The molecule has 0 bridgehead atoms. The second-order valence-corrected chi connectivity index (χ2v) is 5.86. The van der Waals surface area contributed by atoms with Gasteiger partial charge in [0.2, 0.25) is 0 Å². The van der Waals surface area contributed by atoms with E-state index in [-0.39, 0.29) is 0 Å². The molecule has 1 saturated heterocycles. The molecule has 124 valence electrons. The molecule has 0 saturated carbocycles. The summed E-state index contributed by atoms with van der Waals surface area (Å²) in [6.45, 7) is 4.07. The zero-order valence-corrected chi connectivity index (χ0v) is 13.9. The smallest absolute Gasteiger partial charge is 0.141 e. The fourth-order valence-corrected chi connectivity index (χ4v) is 3.00. The minimum Gasteiger partial charge on any atom is -0.381 e. The maximum atomic E-state index is 5.44. The fraction of sp³-hybridized carbons (Fsp3) is 0.625. The lowest BCUT2D eigenvalue weighted by Gasteiger charge is -2.32. The lowest BCUT2D eigenvalue weighted by Crippen LogP contribution is -2.38. The lowest BCUT2D eigenvalue weighted by atomic mass is 10.1. The highest BCUT2D eigenvalue weighted by Crippen LogP contribution is 2.20. The Bertz CT molecular complexity index is 582. The van der Waals surface area contributed by atoms with Crippen molar-refractivity contribution < 1.29 is 4.74 Å². The zero-order chi connectivity index (χ0) is 16.1. The van der Waals surface area contributed by atoms with Crippen molar-refractivity contribution >= 4 is 17.9 Å². The second kappa shape index (κ2) is 7.50. The summed E-state index contributed by atoms with van der Waals surface area (Å²) in [4.78, 5) is 21.9. The Hall–Kier alpha value is -2.02. The molecule has 0 aromatic carbocycles. The molecule has 3 rings (SSSR count). The second-order valence-electron chi connectivity index (χ2n) is 5.86. The topological polar surface area (TPSA) is 66.2 Å². The molecular formula is C16H24N6O. The van der Waals surface area contributed by atoms with Crippen molar-refractivity contribution in [3.05, 3.63) is 18.1 Å². The molecule has 1 fully saturated rings. The van der Waals surface area contributed by atoms with Crippen molar-refractivity contribution in [3.8, 4) is 0 Å². The van der Waals surface area contributed by atoms with Crippen molar-refractivity contribution in [1.29, 1.82) is 0 Å². The monoisotopic (exact) mass is 316 g/mol. The number of rotatable bonds is 4. The molecule has 0 unspecified atom stereocenters. The Morgan fingerprint density at radius 2 is 2.17 bits per heavy atom. The van der Waals surface area contributed by atoms with Gasteiger partial charge in [-0.15, -0.1) is 0 Å². The van der Waals surface area contributed by atoms with Crippen LogP contribution in [0.25, 0.3) is 0 Å². The first-order chi connectivity index (χ1) is 11.3. The molecule has 23 heavy (non-hydrogen) atoms. The molecule has 1 aromatic rings. The van der Waals surface area contributed by atoms with Crippen LogP contribution in [0.4, 0.5) is 5.82 Å². The number of ether oxygens (including phenoxy) is 1. The van der Waals surface area contributed by atoms with Crippen LogP contribution < -0.4 is 4.90 Å². The molecule has 0 N–H and O–H groups in total. The van der Waals surface area contributed by atoms with Gasteiger partial charge < -0.3 is 14.5 Å². The maximum Gasteiger partial charge on any atom is 0.141 e. The molecule has 0 aliphatic carbocycles. The predicted molar refractivity (Wildman–Crippen MR) is 91.4 cm³/mol. The van der Waals surface area contributed by atoms with Crippen LogP contribution in [-0.4, -0.2) is 73.4 Å². The average molecular weight is 316 g/mol. The molecule has 0 amide bonds. The molecule has 2 aliphatic rings. The van der Waals surface area contributed by atoms with Gasteiger partial charge in [-0.3, -0.25) is 9.98 Å². The van der Waals surface area contributed by atoms with Crippen molar-refractivity contribution in [3.63, 3.8) is 0 Å².